The Morgan fingerprint density at radius 2 is 1.00 bits per heavy atom. The first-order chi connectivity index (χ1) is 30.2. The van der Waals surface area contributed by atoms with Gasteiger partial charge in [-0.1, -0.05) is 139 Å². The lowest BCUT2D eigenvalue weighted by Crippen LogP contribution is -2.00. The number of thiophene rings is 1. The summed E-state index contributed by atoms with van der Waals surface area (Å²) in [6, 6.07) is 44.4. The molecule has 9 aromatic carbocycles. The number of aromatic nitrogens is 3. The number of para-hydroxylation sites is 1. The molecule has 0 amide bonds. The summed E-state index contributed by atoms with van der Waals surface area (Å²) in [4.78, 5) is 14.7. The Hall–Kier alpha value is -7.21. The Kier molecular flexibility index (Phi) is 5.59. The third-order valence-corrected chi connectivity index (χ3v) is 11.7. The van der Waals surface area contributed by atoms with Gasteiger partial charge in [0.05, 0.1) is 8.22 Å². The van der Waals surface area contributed by atoms with Crippen LogP contribution in [0.5, 0.6) is 0 Å². The molecule has 0 atom stereocenters. The van der Waals surface area contributed by atoms with E-state index in [0.29, 0.717) is 48.9 Å². The Morgan fingerprint density at radius 3 is 1.77 bits per heavy atom. The second-order valence-corrected chi connectivity index (χ2v) is 14.9. The molecule has 0 fully saturated rings. The standard InChI is InChI=1S/C51H29N3OS/c1-2-11-30(12-3-1)49-52-50(32-23-26-46-44(28-32)40-17-8-9-20-45(40)55-46)54-51(53-49)33-22-25-41-42-19-10-18-34(48(42)56-47(41)29-33)31-21-24-39-37-15-5-4-13-35(37)36-14-6-7-16-38(36)43(39)27-31/h1-29H/i10D,18D,19D,22D,25D,29D. The molecule has 12 rings (SSSR count). The maximum atomic E-state index is 9.74. The van der Waals surface area contributed by atoms with Crippen molar-refractivity contribution in [2.45, 2.75) is 0 Å². The summed E-state index contributed by atoms with van der Waals surface area (Å²) in [5.41, 5.74) is 4.06. The first kappa shape index (κ1) is 25.7. The minimum absolute atomic E-state index is 0.0547. The Balaban J connectivity index is 1.11. The van der Waals surface area contributed by atoms with Crippen LogP contribution in [0.1, 0.15) is 8.22 Å². The van der Waals surface area contributed by atoms with E-state index in [-0.39, 0.29) is 58.4 Å². The molecule has 0 saturated carbocycles. The van der Waals surface area contributed by atoms with Crippen molar-refractivity contribution in [2.75, 3.05) is 0 Å². The summed E-state index contributed by atoms with van der Waals surface area (Å²) in [6.07, 6.45) is 0. The fraction of sp³-hybridized carbons (Fsp3) is 0. The Labute approximate surface area is 333 Å². The zero-order chi connectivity index (χ0) is 42.0. The van der Waals surface area contributed by atoms with E-state index in [9.17, 15) is 5.48 Å². The monoisotopic (exact) mass is 737 g/mol. The summed E-state index contributed by atoms with van der Waals surface area (Å²) in [5.74, 6) is 0.735. The molecule has 0 radical (unpaired) electrons. The van der Waals surface area contributed by atoms with Crippen molar-refractivity contribution in [1.29, 1.82) is 0 Å². The molecular weight excluding hydrogens is 703 g/mol. The molecular formula is C51H29N3OS. The zero-order valence-electron chi connectivity index (χ0n) is 35.4. The topological polar surface area (TPSA) is 51.8 Å². The Bertz CT molecular complexity index is 3870. The number of fused-ring (bicyclic) bond motifs is 12. The van der Waals surface area contributed by atoms with Gasteiger partial charge in [0.15, 0.2) is 17.5 Å². The summed E-state index contributed by atoms with van der Waals surface area (Å²) in [5, 5.41) is 8.81. The van der Waals surface area contributed by atoms with Gasteiger partial charge in [0.25, 0.3) is 0 Å². The molecule has 4 nitrogen and oxygen atoms in total. The van der Waals surface area contributed by atoms with E-state index in [1.54, 1.807) is 0 Å². The molecule has 0 aliphatic rings. The van der Waals surface area contributed by atoms with Crippen LogP contribution in [-0.4, -0.2) is 15.0 Å². The highest BCUT2D eigenvalue weighted by Gasteiger charge is 2.17. The number of nitrogens with zero attached hydrogens (tertiary/aromatic N) is 3. The molecule has 5 heteroatoms. The molecule has 3 heterocycles. The zero-order valence-corrected chi connectivity index (χ0v) is 30.3. The van der Waals surface area contributed by atoms with Gasteiger partial charge >= 0.3 is 0 Å². The van der Waals surface area contributed by atoms with Crippen molar-refractivity contribution >= 4 is 85.8 Å². The fourth-order valence-electron chi connectivity index (χ4n) is 7.99. The molecule has 3 aromatic heterocycles. The van der Waals surface area contributed by atoms with E-state index in [1.165, 1.54) is 11.3 Å². The van der Waals surface area contributed by atoms with Gasteiger partial charge in [-0.25, -0.2) is 15.0 Å². The van der Waals surface area contributed by atoms with Crippen molar-refractivity contribution in [3.8, 4) is 45.3 Å². The first-order valence-corrected chi connectivity index (χ1v) is 19.1. The molecule has 0 spiro atoms. The lowest BCUT2D eigenvalue weighted by molar-refractivity contribution is 0.669. The number of furan rings is 1. The fourth-order valence-corrected chi connectivity index (χ4v) is 9.13. The van der Waals surface area contributed by atoms with Crippen LogP contribution in [0.15, 0.2) is 180 Å². The normalized spacial score (nSPS) is 13.4. The lowest BCUT2D eigenvalue weighted by Gasteiger charge is -2.12. The number of hydrogen-bond acceptors (Lipinski definition) is 5. The maximum Gasteiger partial charge on any atom is 0.164 e. The van der Waals surface area contributed by atoms with Gasteiger partial charge in [0, 0.05) is 47.6 Å². The van der Waals surface area contributed by atoms with E-state index >= 15 is 0 Å². The number of benzene rings is 9. The highest BCUT2D eigenvalue weighted by atomic mass is 32.1. The van der Waals surface area contributed by atoms with Crippen molar-refractivity contribution in [3.63, 3.8) is 0 Å². The minimum atomic E-state index is -0.283. The van der Waals surface area contributed by atoms with Crippen molar-refractivity contribution in [1.82, 2.24) is 15.0 Å². The third kappa shape index (κ3) is 4.81. The van der Waals surface area contributed by atoms with Gasteiger partial charge in [0.1, 0.15) is 11.2 Å². The highest BCUT2D eigenvalue weighted by Crippen LogP contribution is 2.43. The average Bonchev–Trinajstić information content (AvgIpc) is 3.90. The first-order valence-electron chi connectivity index (χ1n) is 21.3. The molecule has 260 valence electrons. The predicted octanol–water partition coefficient (Wildman–Crippen LogP) is 14.3. The van der Waals surface area contributed by atoms with Gasteiger partial charge in [-0.3, -0.25) is 0 Å². The predicted molar refractivity (Wildman–Crippen MR) is 234 cm³/mol. The highest BCUT2D eigenvalue weighted by molar-refractivity contribution is 7.26. The smallest absolute Gasteiger partial charge is 0.164 e. The molecule has 0 unspecified atom stereocenters. The van der Waals surface area contributed by atoms with Crippen LogP contribution < -0.4 is 0 Å². The Morgan fingerprint density at radius 1 is 0.411 bits per heavy atom. The van der Waals surface area contributed by atoms with Crippen LogP contribution in [0.2, 0.25) is 0 Å². The largest absolute Gasteiger partial charge is 0.456 e. The minimum Gasteiger partial charge on any atom is -0.456 e. The van der Waals surface area contributed by atoms with Crippen molar-refractivity contribution < 1.29 is 12.6 Å². The van der Waals surface area contributed by atoms with E-state index < -0.39 is 0 Å². The lowest BCUT2D eigenvalue weighted by atomic mass is 9.92. The second-order valence-electron chi connectivity index (χ2n) is 13.8. The van der Waals surface area contributed by atoms with Crippen LogP contribution >= 0.6 is 11.3 Å². The van der Waals surface area contributed by atoms with E-state index in [0.717, 1.165) is 48.7 Å². The molecule has 0 saturated heterocycles. The van der Waals surface area contributed by atoms with Crippen LogP contribution in [0.3, 0.4) is 0 Å². The molecule has 12 aromatic rings. The maximum absolute atomic E-state index is 9.74. The SMILES string of the molecule is [2H]c1c([2H])c([2H])c2c(sc3c([2H])c(-c4nc(-c5ccccc5)nc(-c5ccc6oc7ccccc7c6c5)n4)c([2H])c([2H])c32)c1-c1ccc2c3ccccc3c3ccccc3c2c1. The van der Waals surface area contributed by atoms with Gasteiger partial charge in [-0.15, -0.1) is 11.3 Å². The van der Waals surface area contributed by atoms with Gasteiger partial charge in [-0.2, -0.15) is 0 Å². The van der Waals surface area contributed by atoms with Crippen molar-refractivity contribution in [2.24, 2.45) is 0 Å². The summed E-state index contributed by atoms with van der Waals surface area (Å²) in [6.45, 7) is 0. The van der Waals surface area contributed by atoms with Gasteiger partial charge < -0.3 is 4.42 Å². The van der Waals surface area contributed by atoms with E-state index in [2.05, 4.69) is 36.4 Å². The molecule has 0 aliphatic heterocycles. The summed E-state index contributed by atoms with van der Waals surface area (Å²) >= 11 is 1.20. The van der Waals surface area contributed by atoms with Crippen LogP contribution in [0.4, 0.5) is 0 Å². The second kappa shape index (κ2) is 12.2. The molecule has 0 aliphatic carbocycles. The van der Waals surface area contributed by atoms with Crippen LogP contribution in [-0.2, 0) is 0 Å². The third-order valence-electron chi connectivity index (χ3n) is 10.6. The van der Waals surface area contributed by atoms with Gasteiger partial charge in [-0.05, 0) is 79.8 Å². The molecule has 0 bridgehead atoms. The number of rotatable bonds is 4. The quantitative estimate of drug-likeness (QED) is 0.169. The van der Waals surface area contributed by atoms with Crippen LogP contribution in [0, 0.1) is 0 Å². The molecule has 56 heavy (non-hydrogen) atoms. The number of hydrogen-bond donors (Lipinski definition) is 0. The average molecular weight is 738 g/mol. The van der Waals surface area contributed by atoms with Crippen molar-refractivity contribution in [3.05, 3.63) is 176 Å². The summed E-state index contributed by atoms with van der Waals surface area (Å²) < 4.78 is 63.1. The summed E-state index contributed by atoms with van der Waals surface area (Å²) in [7, 11) is 0. The van der Waals surface area contributed by atoms with Crippen LogP contribution in [0.25, 0.3) is 120 Å². The van der Waals surface area contributed by atoms with E-state index in [4.69, 9.17) is 22.1 Å². The van der Waals surface area contributed by atoms with Gasteiger partial charge in [0.2, 0.25) is 0 Å². The molecule has 0 N–H and O–H groups in total. The van der Waals surface area contributed by atoms with E-state index in [1.807, 2.05) is 103 Å².